The SMILES string of the molecule is C[C@H](OC(=O)c1cc2ccccc2n1C)C(=O)Nc1ncccn1. The van der Waals surface area contributed by atoms with E-state index in [2.05, 4.69) is 15.3 Å². The highest BCUT2D eigenvalue weighted by molar-refractivity contribution is 5.98. The Hall–Kier alpha value is -3.22. The van der Waals surface area contributed by atoms with Crippen LogP contribution in [0.3, 0.4) is 0 Å². The minimum absolute atomic E-state index is 0.162. The number of aryl methyl sites for hydroxylation is 1. The maximum atomic E-state index is 12.3. The number of rotatable bonds is 4. The molecule has 0 aliphatic heterocycles. The number of nitrogens with zero attached hydrogens (tertiary/aromatic N) is 3. The highest BCUT2D eigenvalue weighted by atomic mass is 16.5. The number of carbonyl (C=O) groups is 2. The van der Waals surface area contributed by atoms with Gasteiger partial charge in [-0.25, -0.2) is 14.8 Å². The van der Waals surface area contributed by atoms with Crippen molar-refractivity contribution in [3.05, 3.63) is 54.5 Å². The molecule has 0 saturated heterocycles. The molecular formula is C17H16N4O3. The molecule has 24 heavy (non-hydrogen) atoms. The number of anilines is 1. The molecule has 1 atom stereocenters. The Morgan fingerprint density at radius 3 is 2.58 bits per heavy atom. The second-order valence-electron chi connectivity index (χ2n) is 5.26. The third-order valence-electron chi connectivity index (χ3n) is 3.61. The van der Waals surface area contributed by atoms with Crippen molar-refractivity contribution < 1.29 is 14.3 Å². The van der Waals surface area contributed by atoms with Gasteiger partial charge in [0.1, 0.15) is 5.69 Å². The lowest BCUT2D eigenvalue weighted by Gasteiger charge is -2.13. The number of hydrogen-bond acceptors (Lipinski definition) is 5. The highest BCUT2D eigenvalue weighted by Crippen LogP contribution is 2.19. The highest BCUT2D eigenvalue weighted by Gasteiger charge is 2.22. The quantitative estimate of drug-likeness (QED) is 0.743. The Bertz CT molecular complexity index is 889. The van der Waals surface area contributed by atoms with Gasteiger partial charge in [0.2, 0.25) is 5.95 Å². The summed E-state index contributed by atoms with van der Waals surface area (Å²) in [5.41, 5.74) is 1.30. The van der Waals surface area contributed by atoms with E-state index in [1.54, 1.807) is 23.7 Å². The van der Waals surface area contributed by atoms with Gasteiger partial charge in [0, 0.05) is 30.3 Å². The molecule has 7 nitrogen and oxygen atoms in total. The van der Waals surface area contributed by atoms with E-state index in [0.717, 1.165) is 10.9 Å². The van der Waals surface area contributed by atoms with Crippen molar-refractivity contribution in [2.75, 3.05) is 5.32 Å². The molecular weight excluding hydrogens is 308 g/mol. The van der Waals surface area contributed by atoms with Crippen LogP contribution in [0, 0.1) is 0 Å². The monoisotopic (exact) mass is 324 g/mol. The number of nitrogens with one attached hydrogen (secondary N) is 1. The first-order chi connectivity index (χ1) is 11.6. The third kappa shape index (κ3) is 3.10. The van der Waals surface area contributed by atoms with Crippen LogP contribution in [0.15, 0.2) is 48.8 Å². The maximum Gasteiger partial charge on any atom is 0.355 e. The fourth-order valence-electron chi connectivity index (χ4n) is 2.33. The summed E-state index contributed by atoms with van der Waals surface area (Å²) in [6.45, 7) is 1.50. The molecule has 0 aliphatic rings. The topological polar surface area (TPSA) is 86.1 Å². The minimum atomic E-state index is -0.973. The van der Waals surface area contributed by atoms with Gasteiger partial charge in [-0.15, -0.1) is 0 Å². The van der Waals surface area contributed by atoms with Gasteiger partial charge in [-0.1, -0.05) is 18.2 Å². The zero-order valence-corrected chi connectivity index (χ0v) is 13.3. The number of fused-ring (bicyclic) bond motifs is 1. The molecule has 0 unspecified atom stereocenters. The Morgan fingerprint density at radius 1 is 1.17 bits per heavy atom. The first kappa shape index (κ1) is 15.7. The smallest absolute Gasteiger partial charge is 0.355 e. The van der Waals surface area contributed by atoms with E-state index < -0.39 is 18.0 Å². The summed E-state index contributed by atoms with van der Waals surface area (Å²) in [6, 6.07) is 11.0. The molecule has 3 rings (SSSR count). The summed E-state index contributed by atoms with van der Waals surface area (Å²) in [5, 5.41) is 3.43. The van der Waals surface area contributed by atoms with Crippen molar-refractivity contribution in [2.24, 2.45) is 7.05 Å². The molecule has 0 radical (unpaired) electrons. The van der Waals surface area contributed by atoms with Crippen LogP contribution in [0.1, 0.15) is 17.4 Å². The molecule has 3 aromatic rings. The van der Waals surface area contributed by atoms with Crippen molar-refractivity contribution in [1.29, 1.82) is 0 Å². The molecule has 0 fully saturated rings. The number of para-hydroxylation sites is 1. The van der Waals surface area contributed by atoms with E-state index in [9.17, 15) is 9.59 Å². The predicted molar refractivity (Wildman–Crippen MR) is 88.5 cm³/mol. The lowest BCUT2D eigenvalue weighted by molar-refractivity contribution is -0.123. The Labute approximate surface area is 138 Å². The second-order valence-corrected chi connectivity index (χ2v) is 5.26. The lowest BCUT2D eigenvalue weighted by Crippen LogP contribution is -2.31. The molecule has 0 saturated carbocycles. The molecule has 1 amide bonds. The third-order valence-corrected chi connectivity index (χ3v) is 3.61. The van der Waals surface area contributed by atoms with E-state index in [1.807, 2.05) is 24.3 Å². The van der Waals surface area contributed by atoms with E-state index in [-0.39, 0.29) is 5.95 Å². The van der Waals surface area contributed by atoms with Crippen molar-refractivity contribution >= 4 is 28.7 Å². The van der Waals surface area contributed by atoms with Gasteiger partial charge in [0.25, 0.3) is 5.91 Å². The molecule has 0 bridgehead atoms. The van der Waals surface area contributed by atoms with Gasteiger partial charge in [0.15, 0.2) is 6.10 Å². The van der Waals surface area contributed by atoms with E-state index in [0.29, 0.717) is 5.69 Å². The largest absolute Gasteiger partial charge is 0.448 e. The number of carbonyl (C=O) groups excluding carboxylic acids is 2. The number of benzene rings is 1. The average Bonchev–Trinajstić information content (AvgIpc) is 2.93. The summed E-state index contributed by atoms with van der Waals surface area (Å²) in [5.74, 6) is -0.895. The number of ether oxygens (including phenoxy) is 1. The first-order valence-electron chi connectivity index (χ1n) is 7.39. The van der Waals surface area contributed by atoms with E-state index >= 15 is 0 Å². The Kier molecular flexibility index (Phi) is 4.24. The van der Waals surface area contributed by atoms with Gasteiger partial charge in [-0.3, -0.25) is 10.1 Å². The fourth-order valence-corrected chi connectivity index (χ4v) is 2.33. The maximum absolute atomic E-state index is 12.3. The standard InChI is InChI=1S/C17H16N4O3/c1-11(15(22)20-17-18-8-5-9-19-17)24-16(23)14-10-12-6-3-4-7-13(12)21(14)2/h3-11H,1-2H3,(H,18,19,20,22)/t11-/m0/s1. The molecule has 1 N–H and O–H groups in total. The molecule has 2 heterocycles. The van der Waals surface area contributed by atoms with Crippen LogP contribution >= 0.6 is 0 Å². The normalized spacial score (nSPS) is 11.9. The molecule has 1 aromatic carbocycles. The van der Waals surface area contributed by atoms with Gasteiger partial charge >= 0.3 is 5.97 Å². The van der Waals surface area contributed by atoms with Crippen molar-refractivity contribution in [1.82, 2.24) is 14.5 Å². The zero-order valence-electron chi connectivity index (χ0n) is 13.3. The average molecular weight is 324 g/mol. The van der Waals surface area contributed by atoms with Gasteiger partial charge in [0.05, 0.1) is 0 Å². The fraction of sp³-hybridized carbons (Fsp3) is 0.176. The van der Waals surface area contributed by atoms with E-state index in [1.165, 1.54) is 19.3 Å². The number of amides is 1. The second kappa shape index (κ2) is 6.49. The van der Waals surface area contributed by atoms with E-state index in [4.69, 9.17) is 4.74 Å². The van der Waals surface area contributed by atoms with Gasteiger partial charge in [-0.2, -0.15) is 0 Å². The predicted octanol–water partition coefficient (Wildman–Crippen LogP) is 2.15. The molecule has 0 spiro atoms. The summed E-state index contributed by atoms with van der Waals surface area (Å²) < 4.78 is 6.99. The summed E-state index contributed by atoms with van der Waals surface area (Å²) in [7, 11) is 1.78. The minimum Gasteiger partial charge on any atom is -0.448 e. The number of hydrogen-bond donors (Lipinski definition) is 1. The van der Waals surface area contributed by atoms with Crippen molar-refractivity contribution in [3.63, 3.8) is 0 Å². The Morgan fingerprint density at radius 2 is 1.88 bits per heavy atom. The van der Waals surface area contributed by atoms with Gasteiger partial charge in [-0.05, 0) is 25.1 Å². The van der Waals surface area contributed by atoms with Gasteiger partial charge < -0.3 is 9.30 Å². The molecule has 0 aliphatic carbocycles. The zero-order chi connectivity index (χ0) is 17.1. The van der Waals surface area contributed by atoms with Crippen LogP contribution in [-0.4, -0.2) is 32.5 Å². The number of aromatic nitrogens is 3. The van der Waals surface area contributed by atoms with Crippen LogP contribution < -0.4 is 5.32 Å². The van der Waals surface area contributed by atoms with Crippen LogP contribution in [0.5, 0.6) is 0 Å². The lowest BCUT2D eigenvalue weighted by atomic mass is 10.2. The summed E-state index contributed by atoms with van der Waals surface area (Å²) in [6.07, 6.45) is 2.04. The number of esters is 1. The summed E-state index contributed by atoms with van der Waals surface area (Å²) in [4.78, 5) is 32.2. The van der Waals surface area contributed by atoms with Crippen LogP contribution in [0.25, 0.3) is 10.9 Å². The first-order valence-corrected chi connectivity index (χ1v) is 7.39. The summed E-state index contributed by atoms with van der Waals surface area (Å²) >= 11 is 0. The van der Waals surface area contributed by atoms with Crippen molar-refractivity contribution in [3.8, 4) is 0 Å². The molecule has 2 aromatic heterocycles. The molecule has 122 valence electrons. The Balaban J connectivity index is 1.71. The van der Waals surface area contributed by atoms with Crippen molar-refractivity contribution in [2.45, 2.75) is 13.0 Å². The van der Waals surface area contributed by atoms with Crippen LogP contribution in [-0.2, 0) is 16.6 Å². The van der Waals surface area contributed by atoms with Crippen LogP contribution in [0.2, 0.25) is 0 Å². The van der Waals surface area contributed by atoms with Crippen LogP contribution in [0.4, 0.5) is 5.95 Å². The molecule has 7 heteroatoms.